The van der Waals surface area contributed by atoms with Crippen LogP contribution in [0.4, 0.5) is 0 Å². The Labute approximate surface area is 268 Å². The minimum Gasteiger partial charge on any atom is -0.494 e. The topological polar surface area (TPSA) is 163 Å². The molecule has 45 heavy (non-hydrogen) atoms. The molecule has 1 aliphatic heterocycles. The average Bonchev–Trinajstić information content (AvgIpc) is 3.38. The Morgan fingerprint density at radius 1 is 1.11 bits per heavy atom. The quantitative estimate of drug-likeness (QED) is 0.217. The van der Waals surface area contributed by atoms with Crippen LogP contribution in [0.3, 0.4) is 0 Å². The summed E-state index contributed by atoms with van der Waals surface area (Å²) in [6, 6.07) is 3.30. The highest BCUT2D eigenvalue weighted by Crippen LogP contribution is 2.34. The number of pyridine rings is 2. The van der Waals surface area contributed by atoms with Gasteiger partial charge in [0.25, 0.3) is 11.1 Å². The number of halogens is 1. The van der Waals surface area contributed by atoms with E-state index in [9.17, 15) is 14.4 Å². The molecule has 0 saturated carbocycles. The number of aromatic nitrogens is 4. The number of rotatable bonds is 11. The Kier molecular flexibility index (Phi) is 11.6. The number of ether oxygens (including phenoxy) is 6. The molecule has 3 aromatic rings. The first-order valence-corrected chi connectivity index (χ1v) is 15.1. The molecular formula is C29H34ClN5O9S. The summed E-state index contributed by atoms with van der Waals surface area (Å²) in [6.07, 6.45) is 2.20. The summed E-state index contributed by atoms with van der Waals surface area (Å²) in [7, 11) is 1.48. The molecule has 1 atom stereocenters. The van der Waals surface area contributed by atoms with Crippen molar-refractivity contribution < 1.29 is 42.8 Å². The van der Waals surface area contributed by atoms with E-state index >= 15 is 0 Å². The van der Waals surface area contributed by atoms with Gasteiger partial charge in [-0.3, -0.25) is 19.4 Å². The molecule has 0 spiro atoms. The Bertz CT molecular complexity index is 1600. The van der Waals surface area contributed by atoms with Gasteiger partial charge in [0, 0.05) is 23.0 Å². The first-order valence-electron chi connectivity index (χ1n) is 13.9. The predicted molar refractivity (Wildman–Crippen MR) is 161 cm³/mol. The smallest absolute Gasteiger partial charge is 0.308 e. The molecule has 242 valence electrons. The summed E-state index contributed by atoms with van der Waals surface area (Å²) >= 11 is 7.13. The van der Waals surface area contributed by atoms with Crippen molar-refractivity contribution in [2.24, 2.45) is 4.99 Å². The van der Waals surface area contributed by atoms with Crippen LogP contribution in [0.25, 0.3) is 11.1 Å². The zero-order chi connectivity index (χ0) is 32.6. The van der Waals surface area contributed by atoms with Crippen LogP contribution in [0.5, 0.6) is 10.9 Å². The van der Waals surface area contributed by atoms with Gasteiger partial charge in [0.2, 0.25) is 4.80 Å². The van der Waals surface area contributed by atoms with Gasteiger partial charge in [-0.1, -0.05) is 11.6 Å². The van der Waals surface area contributed by atoms with E-state index < -0.39 is 30.2 Å². The third-order valence-corrected chi connectivity index (χ3v) is 7.06. The van der Waals surface area contributed by atoms with E-state index in [2.05, 4.69) is 20.1 Å². The van der Waals surface area contributed by atoms with Crippen molar-refractivity contribution in [3.05, 3.63) is 45.7 Å². The lowest BCUT2D eigenvalue weighted by Gasteiger charge is -2.22. The maximum atomic E-state index is 13.6. The zero-order valence-corrected chi connectivity index (χ0v) is 27.1. The summed E-state index contributed by atoms with van der Waals surface area (Å²) < 4.78 is 34.0. The molecule has 1 saturated heterocycles. The van der Waals surface area contributed by atoms with Gasteiger partial charge in [-0.25, -0.2) is 4.98 Å². The van der Waals surface area contributed by atoms with Crippen LogP contribution in [0.1, 0.15) is 49.7 Å². The van der Waals surface area contributed by atoms with Crippen molar-refractivity contribution >= 4 is 40.8 Å². The van der Waals surface area contributed by atoms with E-state index in [1.807, 2.05) is 0 Å². The Morgan fingerprint density at radius 3 is 2.60 bits per heavy atom. The lowest BCUT2D eigenvalue weighted by molar-refractivity contribution is -0.159. The fraction of sp³-hybridized carbons (Fsp3) is 0.483. The fourth-order valence-electron chi connectivity index (χ4n) is 4.01. The molecule has 4 rings (SSSR count). The number of aryl methyl sites for hydroxylation is 1. The maximum absolute atomic E-state index is 13.6. The molecule has 0 aliphatic carbocycles. The van der Waals surface area contributed by atoms with Gasteiger partial charge >= 0.3 is 11.9 Å². The van der Waals surface area contributed by atoms with Gasteiger partial charge in [-0.15, -0.1) is 5.10 Å². The van der Waals surface area contributed by atoms with E-state index in [-0.39, 0.29) is 46.3 Å². The molecule has 0 radical (unpaired) electrons. The van der Waals surface area contributed by atoms with Crippen LogP contribution in [-0.4, -0.2) is 82.8 Å². The van der Waals surface area contributed by atoms with E-state index in [4.69, 9.17) is 40.0 Å². The van der Waals surface area contributed by atoms with Gasteiger partial charge in [-0.2, -0.15) is 9.67 Å². The van der Waals surface area contributed by atoms with Crippen LogP contribution in [0, 0.1) is 6.92 Å². The molecule has 0 N–H and O–H groups in total. The van der Waals surface area contributed by atoms with Crippen LogP contribution >= 0.6 is 22.9 Å². The number of nitrogens with zero attached hydrogens (tertiary/aromatic N) is 5. The standard InChI is InChI=1S/C29H34ClN5O9S/c1-17-10-19(20-11-23(30)32-13-22(20)39-5)21(12-31-17)26(38)33-27-35(16-43-24(36)6-7-25(37)44-29(2,3)4)34-28(45-27)42-15-18-14-40-8-9-41-18/h10-13,18H,6-9,14-16H2,1-5H3/t18-/m1/s1. The highest BCUT2D eigenvalue weighted by molar-refractivity contribution is 7.10. The number of hydrogen-bond acceptors (Lipinski definition) is 13. The molecule has 16 heteroatoms. The minimum absolute atomic E-state index is 0.0852. The number of hydrogen-bond donors (Lipinski definition) is 0. The number of carbonyl (C=O) groups excluding carboxylic acids is 3. The predicted octanol–water partition coefficient (Wildman–Crippen LogP) is 3.53. The third-order valence-electron chi connectivity index (χ3n) is 5.99. The summed E-state index contributed by atoms with van der Waals surface area (Å²) in [4.78, 5) is 50.8. The van der Waals surface area contributed by atoms with Gasteiger partial charge < -0.3 is 28.4 Å². The summed E-state index contributed by atoms with van der Waals surface area (Å²) in [6.45, 7) is 8.05. The monoisotopic (exact) mass is 663 g/mol. The van der Waals surface area contributed by atoms with E-state index in [1.165, 1.54) is 24.2 Å². The van der Waals surface area contributed by atoms with Crippen molar-refractivity contribution in [3.63, 3.8) is 0 Å². The van der Waals surface area contributed by atoms with E-state index in [0.29, 0.717) is 42.4 Å². The number of carbonyl (C=O) groups is 3. The van der Waals surface area contributed by atoms with Crippen molar-refractivity contribution in [2.75, 3.05) is 33.5 Å². The third kappa shape index (κ3) is 10.0. The lowest BCUT2D eigenvalue weighted by atomic mass is 10.0. The fourth-order valence-corrected chi connectivity index (χ4v) is 4.91. The Hall–Kier alpha value is -3.92. The van der Waals surface area contributed by atoms with Gasteiger partial charge in [-0.05, 0) is 51.2 Å². The van der Waals surface area contributed by atoms with Crippen molar-refractivity contribution in [1.82, 2.24) is 19.7 Å². The second-order valence-corrected chi connectivity index (χ2v) is 12.1. The number of amides is 1. The lowest BCUT2D eigenvalue weighted by Crippen LogP contribution is -2.33. The summed E-state index contributed by atoms with van der Waals surface area (Å²) in [5, 5.41) is 4.70. The molecule has 0 unspecified atom stereocenters. The maximum Gasteiger partial charge on any atom is 0.308 e. The second kappa shape index (κ2) is 15.4. The van der Waals surface area contributed by atoms with Gasteiger partial charge in [0.05, 0.1) is 51.5 Å². The van der Waals surface area contributed by atoms with Crippen LogP contribution in [0.2, 0.25) is 5.15 Å². The van der Waals surface area contributed by atoms with Crippen molar-refractivity contribution in [2.45, 2.75) is 59.0 Å². The van der Waals surface area contributed by atoms with Crippen LogP contribution in [0.15, 0.2) is 29.5 Å². The molecule has 4 heterocycles. The molecule has 1 amide bonds. The Morgan fingerprint density at radius 2 is 1.89 bits per heavy atom. The first kappa shape index (κ1) is 34.0. The molecule has 3 aromatic heterocycles. The zero-order valence-electron chi connectivity index (χ0n) is 25.5. The molecule has 1 aliphatic rings. The summed E-state index contributed by atoms with van der Waals surface area (Å²) in [5.74, 6) is -1.45. The Balaban J connectivity index is 1.60. The average molecular weight is 664 g/mol. The van der Waals surface area contributed by atoms with E-state index in [0.717, 1.165) is 11.3 Å². The van der Waals surface area contributed by atoms with Crippen LogP contribution in [-0.2, 0) is 35.3 Å². The second-order valence-electron chi connectivity index (χ2n) is 10.8. The largest absolute Gasteiger partial charge is 0.494 e. The minimum atomic E-state index is -0.673. The van der Waals surface area contributed by atoms with Crippen molar-refractivity contribution in [1.29, 1.82) is 0 Å². The van der Waals surface area contributed by atoms with Crippen molar-refractivity contribution in [3.8, 4) is 22.1 Å². The molecular weight excluding hydrogens is 630 g/mol. The number of methoxy groups -OCH3 is 1. The highest BCUT2D eigenvalue weighted by Gasteiger charge is 2.21. The molecule has 1 fully saturated rings. The SMILES string of the molecule is COc1cnc(Cl)cc1-c1cc(C)ncc1C(=O)N=c1sc(OC[C@H]2COCCO2)nn1COC(=O)CCC(=O)OC(C)(C)C. The normalized spacial score (nSPS) is 15.4. The number of esters is 2. The molecule has 14 nitrogen and oxygen atoms in total. The van der Waals surface area contributed by atoms with Gasteiger partial charge in [0.15, 0.2) is 6.73 Å². The van der Waals surface area contributed by atoms with Crippen LogP contribution < -0.4 is 14.3 Å². The molecule has 0 aromatic carbocycles. The highest BCUT2D eigenvalue weighted by atomic mass is 35.5. The summed E-state index contributed by atoms with van der Waals surface area (Å²) in [5.41, 5.74) is 1.13. The molecule has 0 bridgehead atoms. The first-order chi connectivity index (χ1) is 21.4. The van der Waals surface area contributed by atoms with E-state index in [1.54, 1.807) is 39.8 Å². The van der Waals surface area contributed by atoms with Gasteiger partial charge in [0.1, 0.15) is 29.2 Å².